The second kappa shape index (κ2) is 4.27. The second-order valence-corrected chi connectivity index (χ2v) is 3.97. The van der Waals surface area contributed by atoms with Crippen LogP contribution in [0.25, 0.3) is 0 Å². The minimum Gasteiger partial charge on any atom is -0.488 e. The first kappa shape index (κ1) is 9.92. The molecule has 4 nitrogen and oxygen atoms in total. The van der Waals surface area contributed by atoms with Crippen LogP contribution in [0.1, 0.15) is 10.4 Å². The zero-order chi connectivity index (χ0) is 10.7. The van der Waals surface area contributed by atoms with Crippen molar-refractivity contribution in [1.82, 2.24) is 9.59 Å². The maximum Gasteiger partial charge on any atom is 0.165 e. The van der Waals surface area contributed by atoms with Crippen molar-refractivity contribution in [2.24, 2.45) is 0 Å². The Balaban J connectivity index is 2.06. The molecule has 0 aliphatic carbocycles. The van der Waals surface area contributed by atoms with Gasteiger partial charge in [0.25, 0.3) is 0 Å². The van der Waals surface area contributed by atoms with Gasteiger partial charge in [-0.05, 0) is 30.1 Å². The van der Waals surface area contributed by atoms with E-state index in [1.54, 1.807) is 0 Å². The summed E-state index contributed by atoms with van der Waals surface area (Å²) in [5, 5.41) is 3.72. The Kier molecular flexibility index (Phi) is 2.82. The Hall–Kier alpha value is -1.62. The number of nitrogens with two attached hydrogens (primary N) is 1. The van der Waals surface area contributed by atoms with E-state index in [1.807, 2.05) is 31.2 Å². The summed E-state index contributed by atoms with van der Waals surface area (Å²) < 4.78 is 9.36. The van der Waals surface area contributed by atoms with Crippen molar-refractivity contribution < 1.29 is 4.74 Å². The highest BCUT2D eigenvalue weighted by atomic mass is 32.1. The average Bonchev–Trinajstić information content (AvgIpc) is 2.63. The Morgan fingerprint density at radius 3 is 2.87 bits per heavy atom. The topological polar surface area (TPSA) is 61.0 Å². The molecule has 0 bridgehead atoms. The van der Waals surface area contributed by atoms with E-state index in [2.05, 4.69) is 9.59 Å². The third kappa shape index (κ3) is 2.24. The van der Waals surface area contributed by atoms with E-state index >= 15 is 0 Å². The van der Waals surface area contributed by atoms with E-state index in [-0.39, 0.29) is 0 Å². The van der Waals surface area contributed by atoms with Gasteiger partial charge in [0.1, 0.15) is 17.2 Å². The molecule has 0 aliphatic rings. The summed E-state index contributed by atoms with van der Waals surface area (Å²) in [6.45, 7) is 2.43. The number of hydrogen-bond acceptors (Lipinski definition) is 5. The number of aromatic nitrogens is 2. The summed E-state index contributed by atoms with van der Waals surface area (Å²) in [6.07, 6.45) is 0. The summed E-state index contributed by atoms with van der Waals surface area (Å²) in [5.41, 5.74) is 6.70. The van der Waals surface area contributed by atoms with Crippen molar-refractivity contribution in [3.63, 3.8) is 0 Å². The number of aryl methyl sites for hydroxylation is 1. The fraction of sp³-hybridized carbons (Fsp3) is 0.200. The van der Waals surface area contributed by atoms with Crippen molar-refractivity contribution in [2.45, 2.75) is 13.5 Å². The number of rotatable bonds is 3. The highest BCUT2D eigenvalue weighted by Crippen LogP contribution is 2.20. The van der Waals surface area contributed by atoms with Crippen LogP contribution in [0.15, 0.2) is 24.3 Å². The van der Waals surface area contributed by atoms with E-state index < -0.39 is 0 Å². The third-order valence-electron chi connectivity index (χ3n) is 2.04. The summed E-state index contributed by atoms with van der Waals surface area (Å²) >= 11 is 1.26. The van der Waals surface area contributed by atoms with Crippen LogP contribution in [-0.4, -0.2) is 9.59 Å². The molecule has 0 aliphatic heterocycles. The minimum atomic E-state index is 0.425. The molecule has 2 rings (SSSR count). The maximum atomic E-state index is 5.61. The van der Waals surface area contributed by atoms with Crippen molar-refractivity contribution in [1.29, 1.82) is 0 Å². The molecule has 0 saturated carbocycles. The van der Waals surface area contributed by atoms with Crippen LogP contribution in [0.5, 0.6) is 5.75 Å². The van der Waals surface area contributed by atoms with Crippen molar-refractivity contribution in [3.8, 4) is 5.75 Å². The molecular weight excluding hydrogens is 210 g/mol. The first-order valence-corrected chi connectivity index (χ1v) is 5.30. The second-order valence-electron chi connectivity index (χ2n) is 3.14. The molecule has 78 valence electrons. The predicted molar refractivity (Wildman–Crippen MR) is 59.8 cm³/mol. The molecule has 15 heavy (non-hydrogen) atoms. The van der Waals surface area contributed by atoms with E-state index in [0.29, 0.717) is 12.4 Å². The lowest BCUT2D eigenvalue weighted by Crippen LogP contribution is -1.98. The van der Waals surface area contributed by atoms with Crippen LogP contribution in [0.4, 0.5) is 5.82 Å². The molecule has 0 radical (unpaired) electrons. The Morgan fingerprint density at radius 1 is 1.40 bits per heavy atom. The first-order valence-electron chi connectivity index (χ1n) is 4.52. The summed E-state index contributed by atoms with van der Waals surface area (Å²) in [7, 11) is 0. The van der Waals surface area contributed by atoms with Gasteiger partial charge in [-0.3, -0.25) is 0 Å². The third-order valence-corrected chi connectivity index (χ3v) is 2.75. The molecule has 5 heteroatoms. The van der Waals surface area contributed by atoms with Gasteiger partial charge in [-0.25, -0.2) is 0 Å². The lowest BCUT2D eigenvalue weighted by molar-refractivity contribution is 0.308. The molecule has 0 unspecified atom stereocenters. The number of nitrogen functional groups attached to an aromatic ring is 1. The van der Waals surface area contributed by atoms with Gasteiger partial charge in [0.05, 0.1) is 0 Å². The highest BCUT2D eigenvalue weighted by molar-refractivity contribution is 7.05. The molecule has 0 spiro atoms. The van der Waals surface area contributed by atoms with Gasteiger partial charge in [0.15, 0.2) is 5.82 Å². The smallest absolute Gasteiger partial charge is 0.165 e. The molecule has 1 aromatic carbocycles. The van der Waals surface area contributed by atoms with Gasteiger partial charge >= 0.3 is 0 Å². The average molecular weight is 221 g/mol. The number of para-hydroxylation sites is 1. The van der Waals surface area contributed by atoms with Crippen LogP contribution >= 0.6 is 11.5 Å². The zero-order valence-electron chi connectivity index (χ0n) is 8.30. The Labute approximate surface area is 91.9 Å². The van der Waals surface area contributed by atoms with Gasteiger partial charge in [-0.2, -0.15) is 0 Å². The molecule has 0 atom stereocenters. The minimum absolute atomic E-state index is 0.425. The van der Waals surface area contributed by atoms with Gasteiger partial charge in [0.2, 0.25) is 0 Å². The molecule has 0 saturated heterocycles. The summed E-state index contributed by atoms with van der Waals surface area (Å²) in [5.74, 6) is 1.32. The standard InChI is InChI=1S/C10H11N3OS/c1-7-4-2-3-5-8(7)14-6-9-10(11)12-13-15-9/h2-5H,6,11H2,1H3. The van der Waals surface area contributed by atoms with Crippen LogP contribution < -0.4 is 10.5 Å². The normalized spacial score (nSPS) is 10.2. The van der Waals surface area contributed by atoms with E-state index in [9.17, 15) is 0 Å². The van der Waals surface area contributed by atoms with Gasteiger partial charge in [-0.1, -0.05) is 22.7 Å². The molecule has 2 aromatic rings. The lowest BCUT2D eigenvalue weighted by Gasteiger charge is -2.06. The highest BCUT2D eigenvalue weighted by Gasteiger charge is 2.05. The van der Waals surface area contributed by atoms with Crippen LogP contribution in [-0.2, 0) is 6.61 Å². The fourth-order valence-electron chi connectivity index (χ4n) is 1.18. The Bertz CT molecular complexity index is 455. The van der Waals surface area contributed by atoms with Crippen molar-refractivity contribution >= 4 is 17.4 Å². The quantitative estimate of drug-likeness (QED) is 0.861. The van der Waals surface area contributed by atoms with Crippen LogP contribution in [0, 0.1) is 6.92 Å². The zero-order valence-corrected chi connectivity index (χ0v) is 9.12. The molecule has 1 heterocycles. The van der Waals surface area contributed by atoms with Crippen LogP contribution in [0.3, 0.4) is 0 Å². The van der Waals surface area contributed by atoms with E-state index in [4.69, 9.17) is 10.5 Å². The monoisotopic (exact) mass is 221 g/mol. The van der Waals surface area contributed by atoms with Crippen LogP contribution in [0.2, 0.25) is 0 Å². The number of anilines is 1. The number of hydrogen-bond donors (Lipinski definition) is 1. The number of benzene rings is 1. The molecule has 0 amide bonds. The molecule has 0 fully saturated rings. The molecular formula is C10H11N3OS. The predicted octanol–water partition coefficient (Wildman–Crippen LogP) is 2.01. The van der Waals surface area contributed by atoms with Crippen molar-refractivity contribution in [2.75, 3.05) is 5.73 Å². The summed E-state index contributed by atoms with van der Waals surface area (Å²) in [6, 6.07) is 7.85. The van der Waals surface area contributed by atoms with E-state index in [1.165, 1.54) is 11.5 Å². The van der Waals surface area contributed by atoms with Crippen molar-refractivity contribution in [3.05, 3.63) is 34.7 Å². The number of ether oxygens (including phenoxy) is 1. The lowest BCUT2D eigenvalue weighted by atomic mass is 10.2. The maximum absolute atomic E-state index is 5.61. The largest absolute Gasteiger partial charge is 0.488 e. The van der Waals surface area contributed by atoms with E-state index in [0.717, 1.165) is 16.2 Å². The van der Waals surface area contributed by atoms with Gasteiger partial charge in [0, 0.05) is 0 Å². The molecule has 2 N–H and O–H groups in total. The Morgan fingerprint density at radius 2 is 2.20 bits per heavy atom. The SMILES string of the molecule is Cc1ccccc1OCc1snnc1N. The van der Waals surface area contributed by atoms with Gasteiger partial charge in [-0.15, -0.1) is 5.10 Å². The first-order chi connectivity index (χ1) is 7.27. The molecule has 1 aromatic heterocycles. The fourth-order valence-corrected chi connectivity index (χ4v) is 1.65. The number of nitrogens with zero attached hydrogens (tertiary/aromatic N) is 2. The summed E-state index contributed by atoms with van der Waals surface area (Å²) in [4.78, 5) is 0.859. The van der Waals surface area contributed by atoms with Gasteiger partial charge < -0.3 is 10.5 Å².